The summed E-state index contributed by atoms with van der Waals surface area (Å²) in [5.74, 6) is -0.678. The predicted octanol–water partition coefficient (Wildman–Crippen LogP) is 3.07. The second-order valence-electron chi connectivity index (χ2n) is 7.68. The second kappa shape index (κ2) is 8.02. The summed E-state index contributed by atoms with van der Waals surface area (Å²) in [7, 11) is 0. The number of fused-ring (bicyclic) bond motifs is 1. The molecule has 0 radical (unpaired) electrons. The number of amides is 4. The zero-order valence-electron chi connectivity index (χ0n) is 17.0. The molecule has 30 heavy (non-hydrogen) atoms. The molecule has 0 spiro atoms. The number of urea groups is 1. The Morgan fingerprint density at radius 1 is 1.07 bits per heavy atom. The van der Waals surface area contributed by atoms with Crippen molar-refractivity contribution < 1.29 is 14.4 Å². The van der Waals surface area contributed by atoms with Crippen LogP contribution in [0.5, 0.6) is 0 Å². The summed E-state index contributed by atoms with van der Waals surface area (Å²) in [4.78, 5) is 44.1. The zero-order valence-corrected chi connectivity index (χ0v) is 17.0. The number of para-hydroxylation sites is 2. The van der Waals surface area contributed by atoms with E-state index in [1.165, 1.54) is 0 Å². The van der Waals surface area contributed by atoms with Gasteiger partial charge in [0, 0.05) is 35.2 Å². The number of nitrogens with one attached hydrogen (secondary N) is 2. The minimum atomic E-state index is -0.686. The summed E-state index contributed by atoms with van der Waals surface area (Å²) in [5, 5.41) is 3.74. The SMILES string of the molecule is CC(C)N(C(=O)CN1C(=O)N[C@H](Cc2c[nH]c3ccccc23)C1=O)c1ccccc1. The van der Waals surface area contributed by atoms with Gasteiger partial charge in [-0.3, -0.25) is 14.5 Å². The van der Waals surface area contributed by atoms with Crippen LogP contribution in [0, 0.1) is 0 Å². The van der Waals surface area contributed by atoms with Crippen molar-refractivity contribution >= 4 is 34.4 Å². The van der Waals surface area contributed by atoms with Gasteiger partial charge in [0.2, 0.25) is 5.91 Å². The fourth-order valence-electron chi connectivity index (χ4n) is 3.92. The smallest absolute Gasteiger partial charge is 0.325 e. The first-order valence-corrected chi connectivity index (χ1v) is 9.99. The lowest BCUT2D eigenvalue weighted by Crippen LogP contribution is -2.46. The highest BCUT2D eigenvalue weighted by Crippen LogP contribution is 2.22. The van der Waals surface area contributed by atoms with E-state index in [0.717, 1.165) is 27.1 Å². The van der Waals surface area contributed by atoms with Gasteiger partial charge in [0.15, 0.2) is 0 Å². The standard InChI is InChI=1S/C23H24N4O3/c1-15(2)27(17-8-4-3-5-9-17)21(28)14-26-22(29)20(25-23(26)30)12-16-13-24-19-11-7-6-10-18(16)19/h3-11,13,15,20,24H,12,14H2,1-2H3,(H,25,30)/t20-/m1/s1. The molecular weight excluding hydrogens is 380 g/mol. The molecule has 0 aliphatic carbocycles. The topological polar surface area (TPSA) is 85.5 Å². The molecule has 1 atom stereocenters. The summed E-state index contributed by atoms with van der Waals surface area (Å²) in [6.07, 6.45) is 2.22. The largest absolute Gasteiger partial charge is 0.361 e. The van der Waals surface area contributed by atoms with E-state index in [-0.39, 0.29) is 24.4 Å². The Kier molecular flexibility index (Phi) is 5.27. The first-order valence-electron chi connectivity index (χ1n) is 9.99. The highest BCUT2D eigenvalue weighted by Gasteiger charge is 2.40. The third kappa shape index (κ3) is 3.66. The molecule has 2 N–H and O–H groups in total. The van der Waals surface area contributed by atoms with E-state index in [1.807, 2.05) is 74.6 Å². The molecule has 0 saturated carbocycles. The van der Waals surface area contributed by atoms with Crippen molar-refractivity contribution in [2.24, 2.45) is 0 Å². The molecule has 0 bridgehead atoms. The van der Waals surface area contributed by atoms with E-state index in [2.05, 4.69) is 10.3 Å². The molecule has 7 nitrogen and oxygen atoms in total. The number of aromatic nitrogens is 1. The van der Waals surface area contributed by atoms with Crippen LogP contribution in [0.1, 0.15) is 19.4 Å². The lowest BCUT2D eigenvalue weighted by molar-refractivity contribution is -0.131. The van der Waals surface area contributed by atoms with Crippen molar-refractivity contribution in [2.45, 2.75) is 32.4 Å². The van der Waals surface area contributed by atoms with Gasteiger partial charge in [-0.2, -0.15) is 0 Å². The summed E-state index contributed by atoms with van der Waals surface area (Å²) in [5.41, 5.74) is 2.66. The molecule has 2 aromatic carbocycles. The quantitative estimate of drug-likeness (QED) is 0.619. The maximum absolute atomic E-state index is 13.0. The average Bonchev–Trinajstić information content (AvgIpc) is 3.25. The van der Waals surface area contributed by atoms with Crippen LogP contribution in [0.3, 0.4) is 0 Å². The third-order valence-corrected chi connectivity index (χ3v) is 5.32. The highest BCUT2D eigenvalue weighted by atomic mass is 16.2. The van der Waals surface area contributed by atoms with Gasteiger partial charge in [0.1, 0.15) is 12.6 Å². The first kappa shape index (κ1) is 19.7. The maximum atomic E-state index is 13.0. The Morgan fingerprint density at radius 3 is 2.50 bits per heavy atom. The van der Waals surface area contributed by atoms with Crippen molar-refractivity contribution in [2.75, 3.05) is 11.4 Å². The fourth-order valence-corrected chi connectivity index (χ4v) is 3.92. The van der Waals surface area contributed by atoms with E-state index >= 15 is 0 Å². The van der Waals surface area contributed by atoms with Crippen molar-refractivity contribution in [1.29, 1.82) is 0 Å². The number of anilines is 1. The van der Waals surface area contributed by atoms with Gasteiger partial charge in [0.05, 0.1) is 0 Å². The molecule has 3 aromatic rings. The molecule has 1 aliphatic heterocycles. The number of benzene rings is 2. The number of H-pyrrole nitrogens is 1. The summed E-state index contributed by atoms with van der Waals surface area (Å²) in [6.45, 7) is 3.51. The summed E-state index contributed by atoms with van der Waals surface area (Å²) in [6, 6.07) is 15.7. The molecule has 7 heteroatoms. The van der Waals surface area contributed by atoms with Gasteiger partial charge in [0.25, 0.3) is 5.91 Å². The maximum Gasteiger partial charge on any atom is 0.325 e. The van der Waals surface area contributed by atoms with Gasteiger partial charge >= 0.3 is 6.03 Å². The van der Waals surface area contributed by atoms with Crippen LogP contribution in [-0.2, 0) is 16.0 Å². The number of hydrogen-bond acceptors (Lipinski definition) is 3. The first-order chi connectivity index (χ1) is 14.5. The van der Waals surface area contributed by atoms with Crippen molar-refractivity contribution in [1.82, 2.24) is 15.2 Å². The lowest BCUT2D eigenvalue weighted by atomic mass is 10.1. The number of hydrogen-bond donors (Lipinski definition) is 2. The number of imide groups is 1. The normalized spacial score (nSPS) is 16.4. The highest BCUT2D eigenvalue weighted by molar-refractivity contribution is 6.08. The molecule has 4 rings (SSSR count). The number of carbonyl (C=O) groups excluding carboxylic acids is 3. The number of nitrogens with zero attached hydrogens (tertiary/aromatic N) is 2. The lowest BCUT2D eigenvalue weighted by Gasteiger charge is -2.28. The van der Waals surface area contributed by atoms with E-state index in [1.54, 1.807) is 4.90 Å². The molecule has 2 heterocycles. The molecule has 1 fully saturated rings. The number of carbonyl (C=O) groups is 3. The van der Waals surface area contributed by atoms with E-state index in [4.69, 9.17) is 0 Å². The van der Waals surface area contributed by atoms with E-state index < -0.39 is 12.1 Å². The van der Waals surface area contributed by atoms with Crippen LogP contribution in [0.4, 0.5) is 10.5 Å². The molecule has 1 aliphatic rings. The Balaban J connectivity index is 1.49. The van der Waals surface area contributed by atoms with Crippen LogP contribution < -0.4 is 10.2 Å². The summed E-state index contributed by atoms with van der Waals surface area (Å²) >= 11 is 0. The van der Waals surface area contributed by atoms with E-state index in [0.29, 0.717) is 6.42 Å². The monoisotopic (exact) mass is 404 g/mol. The third-order valence-electron chi connectivity index (χ3n) is 5.32. The molecule has 4 amide bonds. The van der Waals surface area contributed by atoms with Crippen LogP contribution >= 0.6 is 0 Å². The Bertz CT molecular complexity index is 1090. The summed E-state index contributed by atoms with van der Waals surface area (Å²) < 4.78 is 0. The fraction of sp³-hybridized carbons (Fsp3) is 0.261. The Morgan fingerprint density at radius 2 is 1.77 bits per heavy atom. The Hall–Kier alpha value is -3.61. The van der Waals surface area contributed by atoms with Crippen LogP contribution in [0.25, 0.3) is 10.9 Å². The van der Waals surface area contributed by atoms with Gasteiger partial charge in [-0.05, 0) is 37.6 Å². The van der Waals surface area contributed by atoms with Gasteiger partial charge in [-0.25, -0.2) is 4.79 Å². The van der Waals surface area contributed by atoms with Gasteiger partial charge in [-0.15, -0.1) is 0 Å². The van der Waals surface area contributed by atoms with E-state index in [9.17, 15) is 14.4 Å². The molecule has 1 saturated heterocycles. The van der Waals surface area contributed by atoms with Crippen molar-refractivity contribution in [3.63, 3.8) is 0 Å². The van der Waals surface area contributed by atoms with Crippen molar-refractivity contribution in [3.05, 3.63) is 66.4 Å². The molecule has 154 valence electrons. The molecule has 0 unspecified atom stereocenters. The van der Waals surface area contributed by atoms with Crippen molar-refractivity contribution in [3.8, 4) is 0 Å². The molecular formula is C23H24N4O3. The van der Waals surface area contributed by atoms with Crippen LogP contribution in [0.15, 0.2) is 60.8 Å². The second-order valence-corrected chi connectivity index (χ2v) is 7.68. The number of rotatable bonds is 6. The average molecular weight is 404 g/mol. The van der Waals surface area contributed by atoms with Crippen LogP contribution in [0.2, 0.25) is 0 Å². The molecule has 1 aromatic heterocycles. The minimum Gasteiger partial charge on any atom is -0.361 e. The van der Waals surface area contributed by atoms with Gasteiger partial charge in [-0.1, -0.05) is 36.4 Å². The van der Waals surface area contributed by atoms with Gasteiger partial charge < -0.3 is 15.2 Å². The number of aromatic amines is 1. The minimum absolute atomic E-state index is 0.109. The Labute approximate surface area is 174 Å². The van der Waals surface area contributed by atoms with Crippen LogP contribution in [-0.4, -0.2) is 46.4 Å². The predicted molar refractivity (Wildman–Crippen MR) is 115 cm³/mol. The zero-order chi connectivity index (χ0) is 21.3.